The zero-order valence-corrected chi connectivity index (χ0v) is 20.3. The van der Waals surface area contributed by atoms with Crippen molar-refractivity contribution in [3.8, 4) is 0 Å². The molecule has 4 aromatic carbocycles. The predicted octanol–water partition coefficient (Wildman–Crippen LogP) is 7.94. The second kappa shape index (κ2) is 13.4. The second-order valence-electron chi connectivity index (χ2n) is 8.40. The lowest BCUT2D eigenvalue weighted by molar-refractivity contribution is 0.693. The van der Waals surface area contributed by atoms with Gasteiger partial charge in [-0.05, 0) is 46.2 Å². The number of hydrogen-bond acceptors (Lipinski definition) is 1. The Labute approximate surface area is 200 Å². The Balaban J connectivity index is 0.000000189. The van der Waals surface area contributed by atoms with Gasteiger partial charge < -0.3 is 5.32 Å². The fourth-order valence-electron chi connectivity index (χ4n) is 4.27. The molecule has 0 aliphatic rings. The Hall–Kier alpha value is -3.16. The minimum atomic E-state index is 0.484. The van der Waals surface area contributed by atoms with Gasteiger partial charge in [0.1, 0.15) is 0 Å². The molecular formula is C32H37N. The van der Waals surface area contributed by atoms with Gasteiger partial charge in [0, 0.05) is 19.0 Å². The smallest absolute Gasteiger partial charge is 0.0208 e. The van der Waals surface area contributed by atoms with Crippen molar-refractivity contribution in [2.75, 3.05) is 0 Å². The molecule has 33 heavy (non-hydrogen) atoms. The topological polar surface area (TPSA) is 12.0 Å². The summed E-state index contributed by atoms with van der Waals surface area (Å²) in [6.07, 6.45) is 2.21. The molecule has 1 heteroatoms. The average Bonchev–Trinajstić information content (AvgIpc) is 2.90. The summed E-state index contributed by atoms with van der Waals surface area (Å²) in [4.78, 5) is 0. The van der Waals surface area contributed by atoms with Crippen LogP contribution in [0.3, 0.4) is 0 Å². The highest BCUT2D eigenvalue weighted by molar-refractivity contribution is 5.41. The first-order valence-electron chi connectivity index (χ1n) is 12.2. The average molecular weight is 436 g/mol. The molecule has 0 aliphatic carbocycles. The minimum Gasteiger partial charge on any atom is -0.309 e. The Morgan fingerprint density at radius 2 is 0.879 bits per heavy atom. The van der Waals surface area contributed by atoms with E-state index in [9.17, 15) is 0 Å². The third-order valence-corrected chi connectivity index (χ3v) is 6.15. The summed E-state index contributed by atoms with van der Waals surface area (Å²) in [5.41, 5.74) is 8.54. The van der Waals surface area contributed by atoms with Gasteiger partial charge in [-0.1, -0.05) is 130 Å². The standard InChI is InChI=1S/C18H22.C14H15N/c1-4-15-10-6-8-12-17(15)14(3)18-13-9-7-11-16(18)5-2;1-3-7-13(8-4-1)11-15-12-14-9-5-2-6-10-14/h6-14H,4-5H2,1-3H3;1-10,15H,11-12H2. The number of hydrogen-bond donors (Lipinski definition) is 1. The fraction of sp³-hybridized carbons (Fsp3) is 0.250. The molecule has 0 unspecified atom stereocenters. The Kier molecular flexibility index (Phi) is 9.94. The molecule has 0 amide bonds. The van der Waals surface area contributed by atoms with Gasteiger partial charge in [0.25, 0.3) is 0 Å². The van der Waals surface area contributed by atoms with Gasteiger partial charge in [-0.15, -0.1) is 0 Å². The third-order valence-electron chi connectivity index (χ3n) is 6.15. The molecule has 0 bridgehead atoms. The molecule has 1 N–H and O–H groups in total. The predicted molar refractivity (Wildman–Crippen MR) is 143 cm³/mol. The Morgan fingerprint density at radius 3 is 1.27 bits per heavy atom. The van der Waals surface area contributed by atoms with E-state index in [1.54, 1.807) is 0 Å². The summed E-state index contributed by atoms with van der Waals surface area (Å²) in [6.45, 7) is 8.64. The van der Waals surface area contributed by atoms with Crippen molar-refractivity contribution in [3.63, 3.8) is 0 Å². The van der Waals surface area contributed by atoms with Crippen LogP contribution in [0.2, 0.25) is 0 Å². The molecule has 0 aromatic heterocycles. The molecule has 0 radical (unpaired) electrons. The Bertz CT molecular complexity index is 983. The van der Waals surface area contributed by atoms with Crippen LogP contribution in [0.25, 0.3) is 0 Å². The van der Waals surface area contributed by atoms with Gasteiger partial charge in [-0.25, -0.2) is 0 Å². The molecule has 0 aliphatic heterocycles. The molecule has 0 fully saturated rings. The van der Waals surface area contributed by atoms with Crippen molar-refractivity contribution in [3.05, 3.63) is 143 Å². The van der Waals surface area contributed by atoms with E-state index >= 15 is 0 Å². The van der Waals surface area contributed by atoms with E-state index < -0.39 is 0 Å². The highest BCUT2D eigenvalue weighted by Gasteiger charge is 2.13. The molecule has 0 spiro atoms. The van der Waals surface area contributed by atoms with E-state index in [2.05, 4.69) is 123 Å². The SMILES string of the molecule is CCc1ccccc1C(C)c1ccccc1CC.c1ccc(CNCc2ccccc2)cc1. The first-order valence-corrected chi connectivity index (χ1v) is 12.2. The van der Waals surface area contributed by atoms with Crippen molar-refractivity contribution in [1.82, 2.24) is 5.32 Å². The van der Waals surface area contributed by atoms with Crippen LogP contribution in [0.4, 0.5) is 0 Å². The third kappa shape index (κ3) is 7.44. The molecule has 0 heterocycles. The Morgan fingerprint density at radius 1 is 0.515 bits per heavy atom. The highest BCUT2D eigenvalue weighted by Crippen LogP contribution is 2.29. The van der Waals surface area contributed by atoms with Crippen molar-refractivity contribution in [2.24, 2.45) is 0 Å². The molecule has 0 atom stereocenters. The van der Waals surface area contributed by atoms with Crippen molar-refractivity contribution < 1.29 is 0 Å². The maximum atomic E-state index is 3.42. The molecule has 0 saturated carbocycles. The van der Waals surface area contributed by atoms with E-state index in [1.807, 2.05) is 12.1 Å². The summed E-state index contributed by atoms with van der Waals surface area (Å²) >= 11 is 0. The largest absolute Gasteiger partial charge is 0.309 e. The van der Waals surface area contributed by atoms with Crippen LogP contribution < -0.4 is 5.32 Å². The molecule has 1 nitrogen and oxygen atoms in total. The van der Waals surface area contributed by atoms with Gasteiger partial charge in [0.2, 0.25) is 0 Å². The lowest BCUT2D eigenvalue weighted by Crippen LogP contribution is -2.12. The van der Waals surface area contributed by atoms with Crippen LogP contribution in [0, 0.1) is 0 Å². The van der Waals surface area contributed by atoms with E-state index in [-0.39, 0.29) is 0 Å². The number of rotatable bonds is 8. The zero-order chi connectivity index (χ0) is 23.3. The minimum absolute atomic E-state index is 0.484. The molecule has 170 valence electrons. The van der Waals surface area contributed by atoms with E-state index in [0.717, 1.165) is 25.9 Å². The van der Waals surface area contributed by atoms with E-state index in [0.29, 0.717) is 5.92 Å². The lowest BCUT2D eigenvalue weighted by Gasteiger charge is -2.19. The zero-order valence-electron chi connectivity index (χ0n) is 20.3. The van der Waals surface area contributed by atoms with E-state index in [1.165, 1.54) is 33.4 Å². The van der Waals surface area contributed by atoms with Crippen molar-refractivity contribution in [1.29, 1.82) is 0 Å². The number of benzene rings is 4. The van der Waals surface area contributed by atoms with Gasteiger partial charge in [0.05, 0.1) is 0 Å². The number of aryl methyl sites for hydroxylation is 2. The van der Waals surface area contributed by atoms with Crippen LogP contribution in [-0.2, 0) is 25.9 Å². The fourth-order valence-corrected chi connectivity index (χ4v) is 4.27. The maximum absolute atomic E-state index is 3.42. The monoisotopic (exact) mass is 435 g/mol. The molecule has 4 rings (SSSR count). The molecule has 4 aromatic rings. The highest BCUT2D eigenvalue weighted by atomic mass is 14.8. The van der Waals surface area contributed by atoms with Crippen LogP contribution >= 0.6 is 0 Å². The quantitative estimate of drug-likeness (QED) is 0.296. The van der Waals surface area contributed by atoms with Gasteiger partial charge in [-0.2, -0.15) is 0 Å². The van der Waals surface area contributed by atoms with Crippen molar-refractivity contribution >= 4 is 0 Å². The van der Waals surface area contributed by atoms with Crippen LogP contribution in [0.5, 0.6) is 0 Å². The van der Waals surface area contributed by atoms with Gasteiger partial charge in [0.15, 0.2) is 0 Å². The summed E-state index contributed by atoms with van der Waals surface area (Å²) in [7, 11) is 0. The van der Waals surface area contributed by atoms with Crippen LogP contribution in [0.1, 0.15) is 60.1 Å². The summed E-state index contributed by atoms with van der Waals surface area (Å²) in [6, 6.07) is 38.5. The van der Waals surface area contributed by atoms with E-state index in [4.69, 9.17) is 0 Å². The molecular weight excluding hydrogens is 398 g/mol. The normalized spacial score (nSPS) is 10.5. The van der Waals surface area contributed by atoms with Crippen LogP contribution in [-0.4, -0.2) is 0 Å². The van der Waals surface area contributed by atoms with Gasteiger partial charge in [-0.3, -0.25) is 0 Å². The van der Waals surface area contributed by atoms with Crippen molar-refractivity contribution in [2.45, 2.75) is 52.6 Å². The van der Waals surface area contributed by atoms with Gasteiger partial charge >= 0.3 is 0 Å². The first kappa shape index (κ1) is 24.5. The van der Waals surface area contributed by atoms with Crippen LogP contribution in [0.15, 0.2) is 109 Å². The maximum Gasteiger partial charge on any atom is 0.0208 e. The summed E-state index contributed by atoms with van der Waals surface area (Å²) in [5, 5.41) is 3.42. The summed E-state index contributed by atoms with van der Waals surface area (Å²) < 4.78 is 0. The number of nitrogens with one attached hydrogen (secondary N) is 1. The lowest BCUT2D eigenvalue weighted by atomic mass is 9.86. The first-order chi connectivity index (χ1) is 16.2. The molecule has 0 saturated heterocycles. The second-order valence-corrected chi connectivity index (χ2v) is 8.40. The summed E-state index contributed by atoms with van der Waals surface area (Å²) in [5.74, 6) is 0.484.